The number of thiazole rings is 1. The van der Waals surface area contributed by atoms with Crippen LogP contribution in [0.25, 0.3) is 10.2 Å². The number of anilines is 1. The van der Waals surface area contributed by atoms with Crippen LogP contribution in [-0.4, -0.2) is 58.6 Å². The van der Waals surface area contributed by atoms with E-state index in [2.05, 4.69) is 15.0 Å². The van der Waals surface area contributed by atoms with Gasteiger partial charge >= 0.3 is 6.03 Å². The monoisotopic (exact) mass is 521 g/mol. The van der Waals surface area contributed by atoms with Crippen molar-refractivity contribution in [3.63, 3.8) is 0 Å². The van der Waals surface area contributed by atoms with Gasteiger partial charge in [-0.2, -0.15) is 0 Å². The Kier molecular flexibility index (Phi) is 8.16. The lowest BCUT2D eigenvalue weighted by atomic mass is 10.0. The zero-order chi connectivity index (χ0) is 24.9. The number of urea groups is 1. The molecule has 2 atom stereocenters. The lowest BCUT2D eigenvalue weighted by Crippen LogP contribution is -2.51. The topological polar surface area (TPSA) is 97.8 Å². The number of rotatable bonds is 8. The van der Waals surface area contributed by atoms with E-state index in [1.807, 2.05) is 10.4 Å². The number of aliphatic hydroxyl groups is 1. The molecular formula is C23H25F2N5O3S2. The second-order valence-corrected chi connectivity index (χ2v) is 9.96. The van der Waals surface area contributed by atoms with Gasteiger partial charge in [-0.15, -0.1) is 11.3 Å². The maximum absolute atomic E-state index is 13.8. The van der Waals surface area contributed by atoms with Crippen LogP contribution < -0.4 is 14.9 Å². The first-order chi connectivity index (χ1) is 16.8. The second-order valence-electron chi connectivity index (χ2n) is 8.22. The van der Waals surface area contributed by atoms with E-state index in [9.17, 15) is 23.5 Å². The van der Waals surface area contributed by atoms with Gasteiger partial charge < -0.3 is 15.3 Å². The lowest BCUT2D eigenvalue weighted by molar-refractivity contribution is -0.120. The fourth-order valence-corrected chi connectivity index (χ4v) is 5.44. The van der Waals surface area contributed by atoms with Gasteiger partial charge in [-0.1, -0.05) is 0 Å². The molecule has 1 aromatic heterocycles. The number of fused-ring (bicyclic) bond motifs is 1. The van der Waals surface area contributed by atoms with Crippen LogP contribution in [0.1, 0.15) is 18.4 Å². The summed E-state index contributed by atoms with van der Waals surface area (Å²) in [6.45, 7) is 0.694. The molecule has 0 saturated carbocycles. The number of benzene rings is 2. The highest BCUT2D eigenvalue weighted by molar-refractivity contribution is 7.95. The molecule has 0 bridgehead atoms. The molecule has 0 aliphatic carbocycles. The summed E-state index contributed by atoms with van der Waals surface area (Å²) in [5, 5.41) is 12.1. The molecule has 12 heteroatoms. The maximum atomic E-state index is 13.8. The van der Waals surface area contributed by atoms with Gasteiger partial charge in [-0.3, -0.25) is 9.52 Å². The van der Waals surface area contributed by atoms with Crippen LogP contribution in [0, 0.1) is 11.6 Å². The van der Waals surface area contributed by atoms with Crippen LogP contribution in [0.4, 0.5) is 19.3 Å². The third kappa shape index (κ3) is 6.26. The Bertz CT molecular complexity index is 1190. The third-order valence-electron chi connectivity index (χ3n) is 5.79. The van der Waals surface area contributed by atoms with Gasteiger partial charge in [0, 0.05) is 49.9 Å². The fraction of sp³-hybridized carbons (Fsp3) is 0.348. The Hall–Kier alpha value is -2.80. The van der Waals surface area contributed by atoms with Gasteiger partial charge in [0.2, 0.25) is 5.91 Å². The number of carbonyl (C=O) groups is 2. The lowest BCUT2D eigenvalue weighted by Gasteiger charge is -2.26. The molecule has 8 nitrogen and oxygen atoms in total. The minimum atomic E-state index is -1.10. The largest absolute Gasteiger partial charge is 0.395 e. The SMILES string of the molecule is CN(C(=O)C(Cc1cc(F)cc(F)c1)NC(=O)NSN1CCC[C@H]1CO)c1ccc2scnc2c1. The van der Waals surface area contributed by atoms with Crippen LogP contribution in [-0.2, 0) is 11.2 Å². The van der Waals surface area contributed by atoms with Crippen molar-refractivity contribution in [1.29, 1.82) is 0 Å². The molecular weight excluding hydrogens is 496 g/mol. The summed E-state index contributed by atoms with van der Waals surface area (Å²) >= 11 is 2.54. The summed E-state index contributed by atoms with van der Waals surface area (Å²) in [5.41, 5.74) is 3.26. The van der Waals surface area contributed by atoms with Gasteiger partial charge in [-0.25, -0.2) is 22.9 Å². The minimum absolute atomic E-state index is 0.0172. The highest BCUT2D eigenvalue weighted by Crippen LogP contribution is 2.25. The Morgan fingerprint density at radius 1 is 1.29 bits per heavy atom. The van der Waals surface area contributed by atoms with Crippen LogP contribution in [0.2, 0.25) is 0 Å². The Balaban J connectivity index is 1.50. The molecule has 2 aromatic carbocycles. The Labute approximate surface area is 209 Å². The van der Waals surface area contributed by atoms with E-state index in [0.29, 0.717) is 12.2 Å². The molecule has 3 amide bonds. The molecule has 186 valence electrons. The van der Waals surface area contributed by atoms with E-state index in [-0.39, 0.29) is 24.6 Å². The second kappa shape index (κ2) is 11.3. The van der Waals surface area contributed by atoms with E-state index in [1.165, 1.54) is 16.2 Å². The van der Waals surface area contributed by atoms with Gasteiger partial charge in [0.25, 0.3) is 0 Å². The number of hydrogen-bond donors (Lipinski definition) is 3. The van der Waals surface area contributed by atoms with Crippen molar-refractivity contribution in [2.45, 2.75) is 31.3 Å². The Morgan fingerprint density at radius 2 is 2.06 bits per heavy atom. The van der Waals surface area contributed by atoms with Crippen molar-refractivity contribution in [2.75, 3.05) is 25.1 Å². The number of aromatic nitrogens is 1. The predicted molar refractivity (Wildman–Crippen MR) is 133 cm³/mol. The molecule has 4 rings (SSSR count). The van der Waals surface area contributed by atoms with E-state index in [0.717, 1.165) is 53.4 Å². The van der Waals surface area contributed by atoms with Gasteiger partial charge in [0.1, 0.15) is 17.7 Å². The van der Waals surface area contributed by atoms with Crippen molar-refractivity contribution < 1.29 is 23.5 Å². The summed E-state index contributed by atoms with van der Waals surface area (Å²) in [5.74, 6) is -1.99. The van der Waals surface area contributed by atoms with Crippen molar-refractivity contribution in [1.82, 2.24) is 19.3 Å². The number of nitrogens with one attached hydrogen (secondary N) is 2. The zero-order valence-corrected chi connectivity index (χ0v) is 20.5. The first kappa shape index (κ1) is 25.3. The molecule has 3 aromatic rings. The van der Waals surface area contributed by atoms with Crippen molar-refractivity contribution in [3.8, 4) is 0 Å². The highest BCUT2D eigenvalue weighted by Gasteiger charge is 2.28. The molecule has 35 heavy (non-hydrogen) atoms. The molecule has 1 unspecified atom stereocenters. The molecule has 1 saturated heterocycles. The van der Waals surface area contributed by atoms with Gasteiger partial charge in [0.05, 0.1) is 22.3 Å². The molecule has 0 radical (unpaired) electrons. The molecule has 1 aliphatic rings. The van der Waals surface area contributed by atoms with Crippen molar-refractivity contribution in [3.05, 3.63) is 59.1 Å². The number of amides is 3. The summed E-state index contributed by atoms with van der Waals surface area (Å²) in [6.07, 6.45) is 1.62. The number of hydrogen-bond acceptors (Lipinski definition) is 7. The maximum Gasteiger partial charge on any atom is 0.326 e. The fourth-order valence-electron chi connectivity index (χ4n) is 3.98. The minimum Gasteiger partial charge on any atom is -0.395 e. The molecule has 0 spiro atoms. The predicted octanol–water partition coefficient (Wildman–Crippen LogP) is 3.47. The zero-order valence-electron chi connectivity index (χ0n) is 18.9. The first-order valence-corrected chi connectivity index (χ1v) is 12.7. The number of aliphatic hydroxyl groups excluding tert-OH is 1. The summed E-state index contributed by atoms with van der Waals surface area (Å²) < 4.78 is 33.0. The summed E-state index contributed by atoms with van der Waals surface area (Å²) in [6, 6.07) is 6.63. The number of nitrogens with zero attached hydrogens (tertiary/aromatic N) is 3. The summed E-state index contributed by atoms with van der Waals surface area (Å²) in [7, 11) is 1.57. The molecule has 2 heterocycles. The van der Waals surface area contributed by atoms with Crippen LogP contribution in [0.3, 0.4) is 0 Å². The standard InChI is InChI=1S/C23H25F2N5O3S2/c1-29(17-4-5-21-19(11-17)26-13-34-21)22(32)20(9-14-7-15(24)10-16(25)8-14)27-23(33)28-35-30-6-2-3-18(30)12-31/h4-5,7-8,10-11,13,18,20,31H,2-3,6,9,12H2,1H3,(H2,27,28,33)/t18-,20?/m0/s1. The van der Waals surface area contributed by atoms with E-state index >= 15 is 0 Å². The number of halogens is 2. The van der Waals surface area contributed by atoms with Crippen LogP contribution in [0.15, 0.2) is 41.9 Å². The Morgan fingerprint density at radius 3 is 2.80 bits per heavy atom. The molecule has 1 fully saturated rings. The average Bonchev–Trinajstić information content (AvgIpc) is 3.49. The normalized spacial score (nSPS) is 16.9. The van der Waals surface area contributed by atoms with Crippen molar-refractivity contribution >= 4 is 51.3 Å². The summed E-state index contributed by atoms with van der Waals surface area (Å²) in [4.78, 5) is 31.7. The van der Waals surface area contributed by atoms with Crippen LogP contribution >= 0.6 is 23.5 Å². The van der Waals surface area contributed by atoms with Gasteiger partial charge in [0.15, 0.2) is 0 Å². The van der Waals surface area contributed by atoms with Crippen LogP contribution in [0.5, 0.6) is 0 Å². The highest BCUT2D eigenvalue weighted by atomic mass is 32.2. The molecule has 1 aliphatic heterocycles. The third-order valence-corrected chi connectivity index (χ3v) is 7.59. The quantitative estimate of drug-likeness (QED) is 0.393. The van der Waals surface area contributed by atoms with Crippen molar-refractivity contribution in [2.24, 2.45) is 0 Å². The number of likely N-dealkylation sites (N-methyl/N-ethyl adjacent to an activating group) is 1. The van der Waals surface area contributed by atoms with E-state index in [1.54, 1.807) is 24.7 Å². The van der Waals surface area contributed by atoms with E-state index < -0.39 is 29.6 Å². The average molecular weight is 522 g/mol. The molecule has 3 N–H and O–H groups in total. The van der Waals surface area contributed by atoms with E-state index in [4.69, 9.17) is 0 Å². The van der Waals surface area contributed by atoms with Gasteiger partial charge in [-0.05, 0) is 48.7 Å². The smallest absolute Gasteiger partial charge is 0.326 e. The first-order valence-electron chi connectivity index (χ1n) is 11.0. The number of carbonyl (C=O) groups excluding carboxylic acids is 2.